The maximum atomic E-state index is 3.71. The second-order valence-electron chi connectivity index (χ2n) is 5.45. The monoisotopic (exact) mass is 409 g/mol. The van der Waals surface area contributed by atoms with Crippen molar-refractivity contribution < 1.29 is 0 Å². The second-order valence-corrected chi connectivity index (χ2v) is 7.76. The molecule has 0 bridgehead atoms. The van der Waals surface area contributed by atoms with Crippen molar-refractivity contribution in [3.8, 4) is 0 Å². The van der Waals surface area contributed by atoms with Crippen LogP contribution in [0.4, 0.5) is 0 Å². The molecule has 0 aliphatic carbocycles. The molecular weight excluding hydrogens is 389 g/mol. The SMILES string of the molecule is CCNC(Cc1ccc(I)cc1)C1CSc2ccccc21. The first kappa shape index (κ1) is 15.4. The van der Waals surface area contributed by atoms with Gasteiger partial charge in [0.05, 0.1) is 0 Å². The molecular formula is C18H20INS. The molecule has 1 N–H and O–H groups in total. The molecule has 0 aromatic heterocycles. The normalized spacial score (nSPS) is 18.5. The Kier molecular flexibility index (Phi) is 5.24. The van der Waals surface area contributed by atoms with Crippen LogP contribution in [0.2, 0.25) is 0 Å². The highest BCUT2D eigenvalue weighted by Gasteiger charge is 2.29. The highest BCUT2D eigenvalue weighted by molar-refractivity contribution is 14.1. The summed E-state index contributed by atoms with van der Waals surface area (Å²) < 4.78 is 1.30. The van der Waals surface area contributed by atoms with Gasteiger partial charge in [-0.25, -0.2) is 0 Å². The Bertz CT molecular complexity index is 596. The average molecular weight is 409 g/mol. The molecule has 0 fully saturated rings. The highest BCUT2D eigenvalue weighted by atomic mass is 127. The van der Waals surface area contributed by atoms with Gasteiger partial charge < -0.3 is 5.32 Å². The number of rotatable bonds is 5. The van der Waals surface area contributed by atoms with Crippen molar-refractivity contribution in [2.75, 3.05) is 12.3 Å². The van der Waals surface area contributed by atoms with E-state index in [4.69, 9.17) is 0 Å². The van der Waals surface area contributed by atoms with Crippen molar-refractivity contribution in [2.45, 2.75) is 30.2 Å². The number of thioether (sulfide) groups is 1. The van der Waals surface area contributed by atoms with E-state index in [9.17, 15) is 0 Å². The molecule has 0 spiro atoms. The third-order valence-electron chi connectivity index (χ3n) is 4.06. The van der Waals surface area contributed by atoms with Crippen LogP contribution in [0, 0.1) is 3.57 Å². The minimum absolute atomic E-state index is 0.520. The summed E-state index contributed by atoms with van der Waals surface area (Å²) in [4.78, 5) is 1.47. The molecule has 0 amide bonds. The number of hydrogen-bond acceptors (Lipinski definition) is 2. The summed E-state index contributed by atoms with van der Waals surface area (Å²) in [6, 6.07) is 18.3. The van der Waals surface area contributed by atoms with Crippen LogP contribution in [0.1, 0.15) is 24.0 Å². The van der Waals surface area contributed by atoms with E-state index < -0.39 is 0 Å². The van der Waals surface area contributed by atoms with Crippen LogP contribution >= 0.6 is 34.4 Å². The fourth-order valence-electron chi connectivity index (χ4n) is 3.01. The fraction of sp³-hybridized carbons (Fsp3) is 0.333. The highest BCUT2D eigenvalue weighted by Crippen LogP contribution is 2.41. The molecule has 1 nitrogen and oxygen atoms in total. The summed E-state index contributed by atoms with van der Waals surface area (Å²) in [5.41, 5.74) is 2.95. The van der Waals surface area contributed by atoms with Gasteiger partial charge in [0.1, 0.15) is 0 Å². The molecule has 3 rings (SSSR count). The summed E-state index contributed by atoms with van der Waals surface area (Å²) >= 11 is 4.37. The summed E-state index contributed by atoms with van der Waals surface area (Å²) in [7, 11) is 0. The van der Waals surface area contributed by atoms with Crippen LogP contribution in [0.5, 0.6) is 0 Å². The fourth-order valence-corrected chi connectivity index (χ4v) is 4.71. The lowest BCUT2D eigenvalue weighted by atomic mass is 9.89. The first-order chi connectivity index (χ1) is 10.3. The quantitative estimate of drug-likeness (QED) is 0.719. The Morgan fingerprint density at radius 1 is 1.19 bits per heavy atom. The number of nitrogens with one attached hydrogen (secondary N) is 1. The summed E-state index contributed by atoms with van der Waals surface area (Å²) in [5, 5.41) is 3.71. The number of fused-ring (bicyclic) bond motifs is 1. The molecule has 0 radical (unpaired) electrons. The molecule has 1 aliphatic rings. The first-order valence-electron chi connectivity index (χ1n) is 7.47. The standard InChI is InChI=1S/C18H20INS/c1-2-20-17(11-13-7-9-14(19)10-8-13)16-12-21-18-6-4-3-5-15(16)18/h3-10,16-17,20H,2,11-12H2,1H3. The predicted molar refractivity (Wildman–Crippen MR) is 100 cm³/mol. The Morgan fingerprint density at radius 3 is 2.71 bits per heavy atom. The lowest BCUT2D eigenvalue weighted by Gasteiger charge is -2.25. The largest absolute Gasteiger partial charge is 0.313 e. The number of likely N-dealkylation sites (N-methyl/N-ethyl adjacent to an activating group) is 1. The van der Waals surface area contributed by atoms with Gasteiger partial charge in [0, 0.05) is 26.2 Å². The number of hydrogen-bond donors (Lipinski definition) is 1. The zero-order chi connectivity index (χ0) is 14.7. The van der Waals surface area contributed by atoms with Crippen molar-refractivity contribution in [3.05, 3.63) is 63.2 Å². The summed E-state index contributed by atoms with van der Waals surface area (Å²) in [6.45, 7) is 3.23. The van der Waals surface area contributed by atoms with Crippen LogP contribution in [-0.2, 0) is 6.42 Å². The van der Waals surface area contributed by atoms with E-state index in [2.05, 4.69) is 83.4 Å². The average Bonchev–Trinajstić information content (AvgIpc) is 2.93. The van der Waals surface area contributed by atoms with Crippen LogP contribution in [0.25, 0.3) is 0 Å². The molecule has 2 unspecified atom stereocenters. The van der Waals surface area contributed by atoms with Gasteiger partial charge >= 0.3 is 0 Å². The van der Waals surface area contributed by atoms with E-state index in [1.807, 2.05) is 11.8 Å². The van der Waals surface area contributed by atoms with Crippen molar-refractivity contribution in [1.82, 2.24) is 5.32 Å². The Balaban J connectivity index is 1.80. The van der Waals surface area contributed by atoms with Gasteiger partial charge in [-0.15, -0.1) is 11.8 Å². The maximum Gasteiger partial charge on any atom is 0.0184 e. The van der Waals surface area contributed by atoms with Gasteiger partial charge in [0.2, 0.25) is 0 Å². The number of halogens is 1. The van der Waals surface area contributed by atoms with E-state index >= 15 is 0 Å². The van der Waals surface area contributed by atoms with Crippen molar-refractivity contribution in [1.29, 1.82) is 0 Å². The van der Waals surface area contributed by atoms with Crippen LogP contribution in [-0.4, -0.2) is 18.3 Å². The Morgan fingerprint density at radius 2 is 1.95 bits per heavy atom. The smallest absolute Gasteiger partial charge is 0.0184 e. The Hall–Kier alpha value is -0.520. The molecule has 2 aromatic carbocycles. The van der Waals surface area contributed by atoms with Gasteiger partial charge in [0.15, 0.2) is 0 Å². The minimum atomic E-state index is 0.520. The summed E-state index contributed by atoms with van der Waals surface area (Å²) in [5.74, 6) is 1.81. The van der Waals surface area contributed by atoms with Gasteiger partial charge in [-0.2, -0.15) is 0 Å². The van der Waals surface area contributed by atoms with Crippen LogP contribution < -0.4 is 5.32 Å². The van der Waals surface area contributed by atoms with Gasteiger partial charge in [-0.1, -0.05) is 37.3 Å². The molecule has 3 heteroatoms. The van der Waals surface area contributed by atoms with Gasteiger partial charge in [-0.3, -0.25) is 0 Å². The lowest BCUT2D eigenvalue weighted by molar-refractivity contribution is 0.463. The number of benzene rings is 2. The van der Waals surface area contributed by atoms with E-state index in [0.29, 0.717) is 12.0 Å². The second kappa shape index (κ2) is 7.16. The summed E-state index contributed by atoms with van der Waals surface area (Å²) in [6.07, 6.45) is 1.10. The molecule has 0 saturated heterocycles. The molecule has 2 atom stereocenters. The Labute approximate surface area is 145 Å². The van der Waals surface area contributed by atoms with E-state index in [1.165, 1.54) is 25.3 Å². The van der Waals surface area contributed by atoms with Gasteiger partial charge in [-0.05, 0) is 64.9 Å². The van der Waals surface area contributed by atoms with Crippen molar-refractivity contribution in [2.24, 2.45) is 0 Å². The molecule has 1 aliphatic heterocycles. The van der Waals surface area contributed by atoms with Crippen LogP contribution in [0.3, 0.4) is 0 Å². The third-order valence-corrected chi connectivity index (χ3v) is 5.99. The zero-order valence-corrected chi connectivity index (χ0v) is 15.2. The topological polar surface area (TPSA) is 12.0 Å². The maximum absolute atomic E-state index is 3.71. The lowest BCUT2D eigenvalue weighted by Crippen LogP contribution is -2.37. The third kappa shape index (κ3) is 3.63. The van der Waals surface area contributed by atoms with Crippen LogP contribution in [0.15, 0.2) is 53.4 Å². The molecule has 0 saturated carbocycles. The minimum Gasteiger partial charge on any atom is -0.313 e. The molecule has 110 valence electrons. The van der Waals surface area contributed by atoms with Crippen molar-refractivity contribution in [3.63, 3.8) is 0 Å². The van der Waals surface area contributed by atoms with Gasteiger partial charge in [0.25, 0.3) is 0 Å². The predicted octanol–water partition coefficient (Wildman–Crippen LogP) is 4.70. The first-order valence-corrected chi connectivity index (χ1v) is 9.54. The molecule has 2 aromatic rings. The zero-order valence-electron chi connectivity index (χ0n) is 12.2. The van der Waals surface area contributed by atoms with Crippen molar-refractivity contribution >= 4 is 34.4 Å². The van der Waals surface area contributed by atoms with E-state index in [1.54, 1.807) is 0 Å². The van der Waals surface area contributed by atoms with E-state index in [0.717, 1.165) is 13.0 Å². The molecule has 21 heavy (non-hydrogen) atoms. The van der Waals surface area contributed by atoms with E-state index in [-0.39, 0.29) is 0 Å². The molecule has 1 heterocycles.